The molecule has 0 radical (unpaired) electrons. The number of hydrogen-bond donors (Lipinski definition) is 2. The largest absolute Gasteiger partial charge is 0.496 e. The molecule has 0 saturated heterocycles. The van der Waals surface area contributed by atoms with Crippen molar-refractivity contribution >= 4 is 11.9 Å². The molecule has 0 fully saturated rings. The van der Waals surface area contributed by atoms with Gasteiger partial charge in [-0.3, -0.25) is 4.99 Å². The van der Waals surface area contributed by atoms with Crippen LogP contribution >= 0.6 is 0 Å². The summed E-state index contributed by atoms with van der Waals surface area (Å²) >= 11 is 0. The molecule has 8 heteroatoms. The quantitative estimate of drug-likeness (QED) is 0.461. The summed E-state index contributed by atoms with van der Waals surface area (Å²) in [5, 5.41) is 6.33. The van der Waals surface area contributed by atoms with E-state index in [1.807, 2.05) is 19.9 Å². The molecular weight excluding hydrogens is 336 g/mol. The number of carbonyl (C=O) groups excluding carboxylic acids is 1. The van der Waals surface area contributed by atoms with Crippen molar-refractivity contribution in [2.75, 3.05) is 21.3 Å². The number of methoxy groups -OCH3 is 2. The molecule has 0 bridgehead atoms. The molecule has 2 N–H and O–H groups in total. The average molecular weight is 360 g/mol. The third-order valence-electron chi connectivity index (χ3n) is 3.83. The van der Waals surface area contributed by atoms with Gasteiger partial charge in [-0.15, -0.1) is 0 Å². The molecule has 0 aliphatic rings. The van der Waals surface area contributed by atoms with Crippen LogP contribution < -0.4 is 15.4 Å². The number of esters is 1. The highest BCUT2D eigenvalue weighted by atomic mass is 16.5. The highest BCUT2D eigenvalue weighted by molar-refractivity contribution is 5.92. The minimum atomic E-state index is -0.435. The maximum absolute atomic E-state index is 11.7. The summed E-state index contributed by atoms with van der Waals surface area (Å²) in [5.41, 5.74) is 2.19. The Kier molecular flexibility index (Phi) is 6.60. The first kappa shape index (κ1) is 19.3. The van der Waals surface area contributed by atoms with Gasteiger partial charge >= 0.3 is 5.97 Å². The molecule has 2 aromatic rings. The molecule has 8 nitrogen and oxygen atoms in total. The second-order valence-corrected chi connectivity index (χ2v) is 5.55. The highest BCUT2D eigenvalue weighted by Crippen LogP contribution is 2.21. The summed E-state index contributed by atoms with van der Waals surface area (Å²) in [6.45, 7) is 4.71. The van der Waals surface area contributed by atoms with Crippen LogP contribution in [0.2, 0.25) is 0 Å². The van der Waals surface area contributed by atoms with E-state index in [9.17, 15) is 4.79 Å². The first-order valence-electron chi connectivity index (χ1n) is 8.11. The smallest absolute Gasteiger partial charge is 0.341 e. The summed E-state index contributed by atoms with van der Waals surface area (Å²) in [6, 6.07) is 5.29. The van der Waals surface area contributed by atoms with Gasteiger partial charge in [0.1, 0.15) is 17.1 Å². The van der Waals surface area contributed by atoms with Gasteiger partial charge in [0.05, 0.1) is 26.5 Å². The molecule has 0 aliphatic heterocycles. The molecule has 0 spiro atoms. The minimum absolute atomic E-state index is 0.385. The number of guanidine groups is 1. The zero-order chi connectivity index (χ0) is 19.1. The Bertz CT molecular complexity index is 779. The summed E-state index contributed by atoms with van der Waals surface area (Å²) < 4.78 is 15.5. The Labute approximate surface area is 152 Å². The molecule has 0 aliphatic carbocycles. The molecule has 0 atom stereocenters. The molecule has 140 valence electrons. The number of carbonyl (C=O) groups is 1. The number of aryl methyl sites for hydroxylation is 2. The van der Waals surface area contributed by atoms with Crippen molar-refractivity contribution in [3.63, 3.8) is 0 Å². The third-order valence-corrected chi connectivity index (χ3v) is 3.83. The Morgan fingerprint density at radius 3 is 2.54 bits per heavy atom. The van der Waals surface area contributed by atoms with Crippen molar-refractivity contribution in [2.24, 2.45) is 4.99 Å². The van der Waals surface area contributed by atoms with Crippen LogP contribution in [-0.2, 0) is 17.8 Å². The number of aliphatic imine (C=N–C) groups is 1. The molecule has 0 unspecified atom stereocenters. The Morgan fingerprint density at radius 1 is 1.23 bits per heavy atom. The van der Waals surface area contributed by atoms with E-state index >= 15 is 0 Å². The van der Waals surface area contributed by atoms with E-state index in [0.717, 1.165) is 17.0 Å². The van der Waals surface area contributed by atoms with Gasteiger partial charge in [0.25, 0.3) is 0 Å². The zero-order valence-electron chi connectivity index (χ0n) is 15.7. The number of hydrogen-bond acceptors (Lipinski definition) is 6. The fourth-order valence-electron chi connectivity index (χ4n) is 2.30. The van der Waals surface area contributed by atoms with Crippen molar-refractivity contribution in [1.29, 1.82) is 0 Å². The first-order chi connectivity index (χ1) is 12.5. The fourth-order valence-corrected chi connectivity index (χ4v) is 2.30. The lowest BCUT2D eigenvalue weighted by Crippen LogP contribution is -2.36. The van der Waals surface area contributed by atoms with E-state index in [4.69, 9.17) is 13.9 Å². The highest BCUT2D eigenvalue weighted by Gasteiger charge is 2.13. The summed E-state index contributed by atoms with van der Waals surface area (Å²) in [4.78, 5) is 20.2. The van der Waals surface area contributed by atoms with Gasteiger partial charge in [0.2, 0.25) is 5.89 Å². The van der Waals surface area contributed by atoms with Gasteiger partial charge in [0, 0.05) is 13.6 Å². The van der Waals surface area contributed by atoms with Crippen molar-refractivity contribution in [3.05, 3.63) is 46.7 Å². The Balaban J connectivity index is 1.96. The number of ether oxygens (including phenoxy) is 2. The maximum atomic E-state index is 11.7. The third kappa shape index (κ3) is 4.75. The summed E-state index contributed by atoms with van der Waals surface area (Å²) in [5.74, 6) is 2.05. The second kappa shape index (κ2) is 8.89. The number of oxazole rings is 1. The predicted octanol–water partition coefficient (Wildman–Crippen LogP) is 1.95. The normalized spacial score (nSPS) is 11.2. The molecule has 1 aromatic heterocycles. The fraction of sp³-hybridized carbons (Fsp3) is 0.389. The van der Waals surface area contributed by atoms with Crippen LogP contribution in [0.3, 0.4) is 0 Å². The number of rotatable bonds is 6. The molecule has 1 heterocycles. The zero-order valence-corrected chi connectivity index (χ0v) is 15.7. The molecule has 0 saturated carbocycles. The average Bonchev–Trinajstić information content (AvgIpc) is 2.98. The van der Waals surface area contributed by atoms with E-state index in [2.05, 4.69) is 20.6 Å². The van der Waals surface area contributed by atoms with E-state index in [-0.39, 0.29) is 0 Å². The summed E-state index contributed by atoms with van der Waals surface area (Å²) in [7, 11) is 4.53. The van der Waals surface area contributed by atoms with Crippen molar-refractivity contribution in [1.82, 2.24) is 15.6 Å². The van der Waals surface area contributed by atoms with E-state index in [0.29, 0.717) is 36.3 Å². The second-order valence-electron chi connectivity index (χ2n) is 5.55. The van der Waals surface area contributed by atoms with Crippen LogP contribution in [0.5, 0.6) is 5.75 Å². The molecule has 2 rings (SSSR count). The Hall–Kier alpha value is -3.03. The lowest BCUT2D eigenvalue weighted by Gasteiger charge is -2.12. The van der Waals surface area contributed by atoms with Crippen molar-refractivity contribution in [3.8, 4) is 5.75 Å². The van der Waals surface area contributed by atoms with Crippen LogP contribution in [-0.4, -0.2) is 38.2 Å². The number of nitrogens with zero attached hydrogens (tertiary/aromatic N) is 2. The predicted molar refractivity (Wildman–Crippen MR) is 97.3 cm³/mol. The van der Waals surface area contributed by atoms with E-state index < -0.39 is 5.97 Å². The van der Waals surface area contributed by atoms with Gasteiger partial charge in [-0.25, -0.2) is 9.78 Å². The lowest BCUT2D eigenvalue weighted by molar-refractivity contribution is 0.0597. The minimum Gasteiger partial charge on any atom is -0.496 e. The monoisotopic (exact) mass is 360 g/mol. The van der Waals surface area contributed by atoms with Crippen molar-refractivity contribution in [2.45, 2.75) is 26.9 Å². The Morgan fingerprint density at radius 2 is 1.96 bits per heavy atom. The van der Waals surface area contributed by atoms with Gasteiger partial charge in [0.15, 0.2) is 5.96 Å². The van der Waals surface area contributed by atoms with Gasteiger partial charge in [-0.1, -0.05) is 6.07 Å². The summed E-state index contributed by atoms with van der Waals surface area (Å²) in [6.07, 6.45) is 0. The van der Waals surface area contributed by atoms with Gasteiger partial charge in [-0.2, -0.15) is 0 Å². The number of nitrogens with one attached hydrogen (secondary N) is 2. The topological polar surface area (TPSA) is 98.0 Å². The van der Waals surface area contributed by atoms with Crippen LogP contribution in [0.4, 0.5) is 0 Å². The maximum Gasteiger partial charge on any atom is 0.341 e. The molecule has 26 heavy (non-hydrogen) atoms. The van der Waals surface area contributed by atoms with Crippen LogP contribution in [0.25, 0.3) is 0 Å². The lowest BCUT2D eigenvalue weighted by atomic mass is 10.1. The number of benzene rings is 1. The molecule has 1 aromatic carbocycles. The van der Waals surface area contributed by atoms with Crippen molar-refractivity contribution < 1.29 is 18.7 Å². The number of aromatic nitrogens is 1. The van der Waals surface area contributed by atoms with Crippen LogP contribution in [0.1, 0.15) is 33.3 Å². The standard InChI is InChI=1S/C18H24N4O4/c1-11-12(2)26-16(22-11)10-21-18(19-3)20-9-13-6-7-14(17(23)25-5)15(8-13)24-4/h6-8H,9-10H2,1-5H3,(H2,19,20,21). The van der Waals surface area contributed by atoms with Crippen LogP contribution in [0.15, 0.2) is 27.6 Å². The van der Waals surface area contributed by atoms with Gasteiger partial charge in [-0.05, 0) is 31.5 Å². The van der Waals surface area contributed by atoms with E-state index in [1.165, 1.54) is 14.2 Å². The molecule has 0 amide bonds. The van der Waals surface area contributed by atoms with Crippen LogP contribution in [0, 0.1) is 13.8 Å². The first-order valence-corrected chi connectivity index (χ1v) is 8.11. The van der Waals surface area contributed by atoms with Gasteiger partial charge < -0.3 is 24.5 Å². The SMILES string of the molecule is CN=C(NCc1ccc(C(=O)OC)c(OC)c1)NCc1nc(C)c(C)o1. The molecular formula is C18H24N4O4. The van der Waals surface area contributed by atoms with E-state index in [1.54, 1.807) is 19.2 Å².